The van der Waals surface area contributed by atoms with E-state index in [0.29, 0.717) is 18.9 Å². The molecule has 0 bridgehead atoms. The summed E-state index contributed by atoms with van der Waals surface area (Å²) < 4.78 is 32.2. The summed E-state index contributed by atoms with van der Waals surface area (Å²) in [6, 6.07) is 1.80. The van der Waals surface area contributed by atoms with Crippen molar-refractivity contribution in [1.29, 1.82) is 0 Å². The van der Waals surface area contributed by atoms with Crippen molar-refractivity contribution in [3.05, 3.63) is 28.2 Å². The Labute approximate surface area is 111 Å². The molecule has 3 nitrogen and oxygen atoms in total. The summed E-state index contributed by atoms with van der Waals surface area (Å²) in [6.45, 7) is 0. The van der Waals surface area contributed by atoms with Gasteiger partial charge in [0.25, 0.3) is 0 Å². The number of ether oxygens (including phenoxy) is 1. The summed E-state index contributed by atoms with van der Waals surface area (Å²) in [5.41, 5.74) is -0.868. The van der Waals surface area contributed by atoms with E-state index in [4.69, 9.17) is 9.84 Å². The molecule has 2 rings (SSSR count). The lowest BCUT2D eigenvalue weighted by atomic mass is 9.77. The van der Waals surface area contributed by atoms with Crippen LogP contribution in [-0.2, 0) is 4.79 Å². The number of hydrogen-bond donors (Lipinski definition) is 1. The van der Waals surface area contributed by atoms with Crippen molar-refractivity contribution in [2.75, 3.05) is 0 Å². The molecule has 1 aliphatic carbocycles. The largest absolute Gasteiger partial charge is 0.482 e. The molecule has 1 N–H and O–H groups in total. The minimum atomic E-state index is -0.992. The summed E-state index contributed by atoms with van der Waals surface area (Å²) in [5.74, 6) is -2.67. The van der Waals surface area contributed by atoms with E-state index in [1.165, 1.54) is 0 Å². The topological polar surface area (TPSA) is 46.5 Å². The lowest BCUT2D eigenvalue weighted by Crippen LogP contribution is -2.45. The van der Waals surface area contributed by atoms with E-state index >= 15 is 0 Å². The molecule has 1 aliphatic rings. The molecule has 1 aromatic carbocycles. The number of aliphatic carboxylic acids is 1. The minimum Gasteiger partial charge on any atom is -0.482 e. The van der Waals surface area contributed by atoms with Crippen LogP contribution < -0.4 is 4.74 Å². The number of hydrogen-bond acceptors (Lipinski definition) is 2. The van der Waals surface area contributed by atoms with E-state index in [0.717, 1.165) is 12.5 Å². The van der Waals surface area contributed by atoms with Gasteiger partial charge in [0, 0.05) is 6.07 Å². The van der Waals surface area contributed by atoms with Gasteiger partial charge < -0.3 is 9.84 Å². The second-order valence-corrected chi connectivity index (χ2v) is 5.26. The smallest absolute Gasteiger partial charge is 0.307 e. The zero-order valence-electron chi connectivity index (χ0n) is 9.38. The van der Waals surface area contributed by atoms with Crippen LogP contribution in [-0.4, -0.2) is 16.7 Å². The normalized spacial score (nSPS) is 17.1. The van der Waals surface area contributed by atoms with Crippen molar-refractivity contribution in [2.45, 2.75) is 31.3 Å². The molecule has 0 aromatic heterocycles. The summed E-state index contributed by atoms with van der Waals surface area (Å²) in [5, 5.41) is 8.83. The molecular weight excluding hydrogens is 310 g/mol. The summed E-state index contributed by atoms with van der Waals surface area (Å²) in [7, 11) is 0. The van der Waals surface area contributed by atoms with Crippen molar-refractivity contribution in [3.8, 4) is 5.75 Å². The summed E-state index contributed by atoms with van der Waals surface area (Å²) >= 11 is 3.02. The minimum absolute atomic E-state index is 0.127. The molecule has 98 valence electrons. The molecule has 1 fully saturated rings. The monoisotopic (exact) mass is 320 g/mol. The molecule has 0 radical (unpaired) electrons. The highest BCUT2D eigenvalue weighted by Crippen LogP contribution is 2.42. The number of carbonyl (C=O) groups is 1. The van der Waals surface area contributed by atoms with E-state index in [1.807, 2.05) is 0 Å². The van der Waals surface area contributed by atoms with Gasteiger partial charge in [0.15, 0.2) is 11.6 Å². The second kappa shape index (κ2) is 4.84. The van der Waals surface area contributed by atoms with Crippen molar-refractivity contribution < 1.29 is 23.4 Å². The van der Waals surface area contributed by atoms with Gasteiger partial charge in [-0.25, -0.2) is 8.78 Å². The molecular formula is C12H11BrF2O3. The van der Waals surface area contributed by atoms with Gasteiger partial charge in [-0.05, 0) is 41.3 Å². The number of rotatable bonds is 4. The fourth-order valence-electron chi connectivity index (χ4n) is 2.00. The van der Waals surface area contributed by atoms with Crippen LogP contribution in [0.2, 0.25) is 0 Å². The Morgan fingerprint density at radius 2 is 2.11 bits per heavy atom. The molecule has 0 spiro atoms. The van der Waals surface area contributed by atoms with Crippen LogP contribution in [0.3, 0.4) is 0 Å². The fraction of sp³-hybridized carbons (Fsp3) is 0.417. The first-order valence-corrected chi connectivity index (χ1v) is 6.26. The maximum Gasteiger partial charge on any atom is 0.307 e. The van der Waals surface area contributed by atoms with Crippen molar-refractivity contribution in [3.63, 3.8) is 0 Å². The molecule has 6 heteroatoms. The van der Waals surface area contributed by atoms with Crippen LogP contribution in [0.15, 0.2) is 16.6 Å². The zero-order valence-corrected chi connectivity index (χ0v) is 11.0. The molecule has 0 unspecified atom stereocenters. The first kappa shape index (κ1) is 13.3. The fourth-order valence-corrected chi connectivity index (χ4v) is 2.49. The van der Waals surface area contributed by atoms with Crippen LogP contribution in [0.4, 0.5) is 8.78 Å². The highest BCUT2D eigenvalue weighted by molar-refractivity contribution is 9.10. The molecule has 18 heavy (non-hydrogen) atoms. The van der Waals surface area contributed by atoms with Crippen molar-refractivity contribution in [1.82, 2.24) is 0 Å². The Kier molecular flexibility index (Phi) is 3.56. The maximum absolute atomic E-state index is 13.6. The highest BCUT2D eigenvalue weighted by atomic mass is 79.9. The van der Waals surface area contributed by atoms with Crippen LogP contribution in [0.1, 0.15) is 25.7 Å². The van der Waals surface area contributed by atoms with E-state index in [-0.39, 0.29) is 16.6 Å². The number of carboxylic acids is 1. The first-order chi connectivity index (χ1) is 8.42. The van der Waals surface area contributed by atoms with Crippen molar-refractivity contribution in [2.24, 2.45) is 0 Å². The van der Waals surface area contributed by atoms with Gasteiger partial charge in [0.2, 0.25) is 0 Å². The van der Waals surface area contributed by atoms with Crippen LogP contribution in [0, 0.1) is 11.6 Å². The predicted octanol–water partition coefficient (Wildman–Crippen LogP) is 3.50. The SMILES string of the molecule is O=C(O)CC1(Oc2c(F)cc(F)cc2Br)CCC1. The van der Waals surface area contributed by atoms with Crippen LogP contribution in [0.5, 0.6) is 5.75 Å². The average molecular weight is 321 g/mol. The van der Waals surface area contributed by atoms with Gasteiger partial charge in [-0.1, -0.05) is 0 Å². The van der Waals surface area contributed by atoms with Gasteiger partial charge in [0.05, 0.1) is 10.9 Å². The van der Waals surface area contributed by atoms with Gasteiger partial charge in [-0.15, -0.1) is 0 Å². The van der Waals surface area contributed by atoms with Gasteiger partial charge >= 0.3 is 5.97 Å². The summed E-state index contributed by atoms with van der Waals surface area (Å²) in [6.07, 6.45) is 1.77. The lowest BCUT2D eigenvalue weighted by Gasteiger charge is -2.41. The van der Waals surface area contributed by atoms with E-state index in [1.54, 1.807) is 0 Å². The van der Waals surface area contributed by atoms with Gasteiger partial charge in [-0.2, -0.15) is 0 Å². The average Bonchev–Trinajstić information content (AvgIpc) is 2.18. The number of halogens is 3. The Bertz CT molecular complexity index is 463. The Balaban J connectivity index is 2.25. The quantitative estimate of drug-likeness (QED) is 0.923. The molecule has 0 amide bonds. The van der Waals surface area contributed by atoms with Gasteiger partial charge in [0.1, 0.15) is 11.4 Å². The van der Waals surface area contributed by atoms with Gasteiger partial charge in [-0.3, -0.25) is 4.79 Å². The molecule has 0 heterocycles. The number of carboxylic acid groups (broad SMARTS) is 1. The Morgan fingerprint density at radius 3 is 2.56 bits per heavy atom. The highest BCUT2D eigenvalue weighted by Gasteiger charge is 2.42. The Morgan fingerprint density at radius 1 is 1.44 bits per heavy atom. The van der Waals surface area contributed by atoms with E-state index < -0.39 is 23.2 Å². The van der Waals surface area contributed by atoms with Crippen LogP contribution >= 0.6 is 15.9 Å². The molecule has 0 saturated heterocycles. The molecule has 0 atom stereocenters. The standard InChI is InChI=1S/C12H11BrF2O3/c13-8-4-7(14)5-9(15)11(8)18-12(2-1-3-12)6-10(16)17/h4-5H,1-3,6H2,(H,16,17). The first-order valence-electron chi connectivity index (χ1n) is 5.47. The Hall–Kier alpha value is -1.17. The van der Waals surface area contributed by atoms with E-state index in [2.05, 4.69) is 15.9 Å². The molecule has 0 aliphatic heterocycles. The lowest BCUT2D eigenvalue weighted by molar-refractivity contribution is -0.144. The summed E-state index contributed by atoms with van der Waals surface area (Å²) in [4.78, 5) is 10.8. The third-order valence-corrected chi connectivity index (χ3v) is 3.61. The molecule has 1 saturated carbocycles. The van der Waals surface area contributed by atoms with Crippen molar-refractivity contribution >= 4 is 21.9 Å². The second-order valence-electron chi connectivity index (χ2n) is 4.41. The predicted molar refractivity (Wildman–Crippen MR) is 63.5 cm³/mol. The van der Waals surface area contributed by atoms with Crippen LogP contribution in [0.25, 0.3) is 0 Å². The third kappa shape index (κ3) is 2.63. The van der Waals surface area contributed by atoms with E-state index in [9.17, 15) is 13.6 Å². The third-order valence-electron chi connectivity index (χ3n) is 3.02. The molecule has 1 aromatic rings. The number of benzene rings is 1. The maximum atomic E-state index is 13.6. The zero-order chi connectivity index (χ0) is 13.3.